The van der Waals surface area contributed by atoms with Gasteiger partial charge in [0.05, 0.1) is 4.90 Å². The topological polar surface area (TPSA) is 66.5 Å². The predicted molar refractivity (Wildman–Crippen MR) is 108 cm³/mol. The van der Waals surface area contributed by atoms with Crippen LogP contribution in [-0.4, -0.2) is 32.3 Å². The van der Waals surface area contributed by atoms with Crippen LogP contribution >= 0.6 is 11.6 Å². The van der Waals surface area contributed by atoms with E-state index in [4.69, 9.17) is 11.6 Å². The molecule has 0 bridgehead atoms. The molecule has 1 atom stereocenters. The van der Waals surface area contributed by atoms with Crippen LogP contribution in [0.4, 0.5) is 0 Å². The van der Waals surface area contributed by atoms with Crippen molar-refractivity contribution in [1.29, 1.82) is 0 Å². The highest BCUT2D eigenvalue weighted by atomic mass is 35.5. The summed E-state index contributed by atoms with van der Waals surface area (Å²) in [5.41, 5.74) is 2.10. The normalized spacial score (nSPS) is 12.8. The third-order valence-electron chi connectivity index (χ3n) is 4.37. The van der Waals surface area contributed by atoms with E-state index >= 15 is 0 Å². The standard InChI is InChI=1S/C20H25ClN2O3S/c1-14(2)19(22-27(25,26)18-11-7-10-17(21)12-18)20(24)23(4)13-16-9-6-5-8-15(16)3/h5-12,14,19,22H,13H2,1-4H3/t19-/m0/s1. The van der Waals surface area contributed by atoms with Gasteiger partial charge in [0.25, 0.3) is 0 Å². The largest absolute Gasteiger partial charge is 0.340 e. The Morgan fingerprint density at radius 3 is 2.41 bits per heavy atom. The van der Waals surface area contributed by atoms with Gasteiger partial charge in [-0.25, -0.2) is 8.42 Å². The first-order valence-electron chi connectivity index (χ1n) is 8.69. The van der Waals surface area contributed by atoms with Gasteiger partial charge in [-0.05, 0) is 42.2 Å². The summed E-state index contributed by atoms with van der Waals surface area (Å²) in [6, 6.07) is 12.9. The Hall–Kier alpha value is -1.89. The minimum Gasteiger partial charge on any atom is -0.340 e. The van der Waals surface area contributed by atoms with Gasteiger partial charge in [0.1, 0.15) is 6.04 Å². The van der Waals surface area contributed by atoms with Gasteiger partial charge in [-0.3, -0.25) is 4.79 Å². The summed E-state index contributed by atoms with van der Waals surface area (Å²) in [4.78, 5) is 14.5. The van der Waals surface area contributed by atoms with Crippen LogP contribution < -0.4 is 4.72 Å². The maximum Gasteiger partial charge on any atom is 0.241 e. The first-order chi connectivity index (χ1) is 12.6. The third-order valence-corrected chi connectivity index (χ3v) is 6.04. The van der Waals surface area contributed by atoms with Gasteiger partial charge in [-0.15, -0.1) is 0 Å². The van der Waals surface area contributed by atoms with Crippen LogP contribution in [0.15, 0.2) is 53.4 Å². The van der Waals surface area contributed by atoms with Gasteiger partial charge in [0.2, 0.25) is 15.9 Å². The molecule has 7 heteroatoms. The van der Waals surface area contributed by atoms with Crippen molar-refractivity contribution >= 4 is 27.5 Å². The Morgan fingerprint density at radius 2 is 1.81 bits per heavy atom. The van der Waals surface area contributed by atoms with E-state index in [-0.39, 0.29) is 16.7 Å². The fraction of sp³-hybridized carbons (Fsp3) is 0.350. The zero-order valence-electron chi connectivity index (χ0n) is 15.9. The maximum atomic E-state index is 12.9. The molecule has 0 spiro atoms. The highest BCUT2D eigenvalue weighted by Crippen LogP contribution is 2.18. The molecule has 2 aromatic carbocycles. The summed E-state index contributed by atoms with van der Waals surface area (Å²) in [6.07, 6.45) is 0. The van der Waals surface area contributed by atoms with Crippen molar-refractivity contribution in [3.05, 3.63) is 64.7 Å². The first-order valence-corrected chi connectivity index (χ1v) is 10.6. The summed E-state index contributed by atoms with van der Waals surface area (Å²) < 4.78 is 27.9. The lowest BCUT2D eigenvalue weighted by molar-refractivity contribution is -0.133. The zero-order chi connectivity index (χ0) is 20.2. The Labute approximate surface area is 166 Å². The third kappa shape index (κ3) is 5.54. The summed E-state index contributed by atoms with van der Waals surface area (Å²) in [7, 11) is -2.19. The van der Waals surface area contributed by atoms with E-state index in [9.17, 15) is 13.2 Å². The molecule has 0 saturated carbocycles. The number of amides is 1. The van der Waals surface area contributed by atoms with E-state index in [0.29, 0.717) is 11.6 Å². The van der Waals surface area contributed by atoms with Gasteiger partial charge in [0.15, 0.2) is 0 Å². The Balaban J connectivity index is 2.21. The van der Waals surface area contributed by atoms with Crippen molar-refractivity contribution in [3.63, 3.8) is 0 Å². The number of hydrogen-bond acceptors (Lipinski definition) is 3. The smallest absolute Gasteiger partial charge is 0.241 e. The van der Waals surface area contributed by atoms with E-state index in [1.807, 2.05) is 45.0 Å². The average Bonchev–Trinajstić information content (AvgIpc) is 2.61. The fourth-order valence-corrected chi connectivity index (χ4v) is 4.34. The lowest BCUT2D eigenvalue weighted by Gasteiger charge is -2.27. The molecule has 5 nitrogen and oxygen atoms in total. The number of rotatable bonds is 7. The first kappa shape index (κ1) is 21.4. The van der Waals surface area contributed by atoms with E-state index in [1.165, 1.54) is 12.1 Å². The Bertz CT molecular complexity index is 913. The molecule has 0 fully saturated rings. The Kier molecular flexibility index (Phi) is 7.03. The molecule has 146 valence electrons. The number of benzene rings is 2. The summed E-state index contributed by atoms with van der Waals surface area (Å²) in [5.74, 6) is -0.496. The molecule has 27 heavy (non-hydrogen) atoms. The average molecular weight is 409 g/mol. The van der Waals surface area contributed by atoms with Gasteiger partial charge in [0, 0.05) is 18.6 Å². The highest BCUT2D eigenvalue weighted by molar-refractivity contribution is 7.89. The number of halogens is 1. The monoisotopic (exact) mass is 408 g/mol. The summed E-state index contributed by atoms with van der Waals surface area (Å²) in [6.45, 7) is 6.01. The van der Waals surface area contributed by atoms with Crippen LogP contribution in [0.3, 0.4) is 0 Å². The van der Waals surface area contributed by atoms with Crippen molar-refractivity contribution in [2.24, 2.45) is 5.92 Å². The molecule has 0 radical (unpaired) electrons. The van der Waals surface area contributed by atoms with Crippen molar-refractivity contribution < 1.29 is 13.2 Å². The second kappa shape index (κ2) is 8.87. The fourth-order valence-electron chi connectivity index (χ4n) is 2.70. The second-order valence-corrected chi connectivity index (χ2v) is 9.07. The minimum absolute atomic E-state index is 0.0370. The van der Waals surface area contributed by atoms with Crippen LogP contribution in [0.25, 0.3) is 0 Å². The predicted octanol–water partition coefficient (Wildman–Crippen LogP) is 3.61. The molecule has 0 saturated heterocycles. The van der Waals surface area contributed by atoms with Gasteiger partial charge >= 0.3 is 0 Å². The second-order valence-electron chi connectivity index (χ2n) is 6.92. The van der Waals surface area contributed by atoms with Crippen molar-refractivity contribution in [2.75, 3.05) is 7.05 Å². The van der Waals surface area contributed by atoms with E-state index in [1.54, 1.807) is 24.1 Å². The number of nitrogens with one attached hydrogen (secondary N) is 1. The molecule has 0 aliphatic heterocycles. The van der Waals surface area contributed by atoms with Crippen molar-refractivity contribution in [1.82, 2.24) is 9.62 Å². The summed E-state index contributed by atoms with van der Waals surface area (Å²) in [5, 5.41) is 0.321. The van der Waals surface area contributed by atoms with Gasteiger partial charge in [-0.1, -0.05) is 55.8 Å². The number of nitrogens with zero attached hydrogens (tertiary/aromatic N) is 1. The lowest BCUT2D eigenvalue weighted by atomic mass is 10.0. The number of carbonyl (C=O) groups excluding carboxylic acids is 1. The molecule has 0 aromatic heterocycles. The van der Waals surface area contributed by atoms with Crippen LogP contribution in [0.5, 0.6) is 0 Å². The van der Waals surface area contributed by atoms with Crippen LogP contribution in [-0.2, 0) is 21.4 Å². The minimum atomic E-state index is -3.87. The molecule has 0 heterocycles. The van der Waals surface area contributed by atoms with Gasteiger partial charge < -0.3 is 4.90 Å². The molecule has 0 aliphatic rings. The summed E-state index contributed by atoms with van der Waals surface area (Å²) >= 11 is 5.90. The van der Waals surface area contributed by atoms with E-state index in [2.05, 4.69) is 4.72 Å². The molecule has 2 aromatic rings. The number of carbonyl (C=O) groups is 1. The molecule has 2 rings (SSSR count). The van der Waals surface area contributed by atoms with Crippen LogP contribution in [0.1, 0.15) is 25.0 Å². The SMILES string of the molecule is Cc1ccccc1CN(C)C(=O)[C@@H](NS(=O)(=O)c1cccc(Cl)c1)C(C)C. The number of sulfonamides is 1. The molecule has 0 aliphatic carbocycles. The number of likely N-dealkylation sites (N-methyl/N-ethyl adjacent to an activating group) is 1. The van der Waals surface area contributed by atoms with E-state index < -0.39 is 16.1 Å². The molecule has 0 unspecified atom stereocenters. The maximum absolute atomic E-state index is 12.9. The van der Waals surface area contributed by atoms with Gasteiger partial charge in [-0.2, -0.15) is 4.72 Å². The Morgan fingerprint density at radius 1 is 1.15 bits per heavy atom. The lowest BCUT2D eigenvalue weighted by Crippen LogP contribution is -2.49. The van der Waals surface area contributed by atoms with Crippen LogP contribution in [0, 0.1) is 12.8 Å². The molecule has 1 amide bonds. The zero-order valence-corrected chi connectivity index (χ0v) is 17.5. The molecular weight excluding hydrogens is 384 g/mol. The van der Waals surface area contributed by atoms with E-state index in [0.717, 1.165) is 11.1 Å². The highest BCUT2D eigenvalue weighted by Gasteiger charge is 2.30. The van der Waals surface area contributed by atoms with Crippen LogP contribution in [0.2, 0.25) is 5.02 Å². The number of aryl methyl sites for hydroxylation is 1. The quantitative estimate of drug-likeness (QED) is 0.760. The van der Waals surface area contributed by atoms with Crippen molar-refractivity contribution in [2.45, 2.75) is 38.3 Å². The number of hydrogen-bond donors (Lipinski definition) is 1. The molecule has 1 N–H and O–H groups in total. The molecular formula is C20H25ClN2O3S. The van der Waals surface area contributed by atoms with Crippen molar-refractivity contribution in [3.8, 4) is 0 Å².